The summed E-state index contributed by atoms with van der Waals surface area (Å²) in [5, 5.41) is 4.81. The summed E-state index contributed by atoms with van der Waals surface area (Å²) in [6, 6.07) is 6.61. The number of rotatable bonds is 6. The molecule has 1 aromatic carbocycles. The van der Waals surface area contributed by atoms with Crippen LogP contribution in [0, 0.1) is 5.92 Å². The largest absolute Gasteiger partial charge is 0.299 e. The molecule has 0 aliphatic carbocycles. The molecular formula is C17H20Cl2N2O2S2. The Morgan fingerprint density at radius 1 is 1.20 bits per heavy atom. The molecule has 3 rings (SSSR count). The van der Waals surface area contributed by atoms with Crippen molar-refractivity contribution in [2.45, 2.75) is 24.3 Å². The summed E-state index contributed by atoms with van der Waals surface area (Å²) in [4.78, 5) is 2.46. The lowest BCUT2D eigenvalue weighted by molar-refractivity contribution is 0.179. The molecule has 2 aromatic rings. The van der Waals surface area contributed by atoms with Crippen molar-refractivity contribution in [3.63, 3.8) is 0 Å². The summed E-state index contributed by atoms with van der Waals surface area (Å²) < 4.78 is 27.6. The van der Waals surface area contributed by atoms with Crippen molar-refractivity contribution < 1.29 is 8.42 Å². The molecule has 2 heterocycles. The highest BCUT2D eigenvalue weighted by Gasteiger charge is 2.23. The lowest BCUT2D eigenvalue weighted by Gasteiger charge is -2.31. The van der Waals surface area contributed by atoms with Crippen molar-refractivity contribution in [3.05, 3.63) is 50.6 Å². The van der Waals surface area contributed by atoms with Gasteiger partial charge in [-0.05, 0) is 72.4 Å². The number of benzene rings is 1. The average molecular weight is 419 g/mol. The van der Waals surface area contributed by atoms with E-state index in [2.05, 4.69) is 26.4 Å². The van der Waals surface area contributed by atoms with Crippen LogP contribution in [0.3, 0.4) is 0 Å². The molecule has 0 radical (unpaired) electrons. The summed E-state index contributed by atoms with van der Waals surface area (Å²) in [7, 11) is -3.65. The zero-order chi connectivity index (χ0) is 17.9. The van der Waals surface area contributed by atoms with Crippen LogP contribution in [0.15, 0.2) is 39.9 Å². The standard InChI is InChI=1S/C17H20Cl2N2O2S2/c18-15-1-2-16(19)17(9-15)25(22,23)20-10-13-3-6-21(7-4-13)11-14-5-8-24-12-14/h1-2,5,8-9,12-13,20H,3-4,6-7,10-11H2. The van der Waals surface area contributed by atoms with Gasteiger partial charge in [0, 0.05) is 18.1 Å². The van der Waals surface area contributed by atoms with Gasteiger partial charge >= 0.3 is 0 Å². The predicted octanol–water partition coefficient (Wildman–Crippen LogP) is 4.25. The third-order valence-electron chi connectivity index (χ3n) is 4.44. The van der Waals surface area contributed by atoms with E-state index in [4.69, 9.17) is 23.2 Å². The molecule has 0 bridgehead atoms. The zero-order valence-corrected chi connectivity index (χ0v) is 16.8. The molecule has 0 unspecified atom stereocenters. The van der Waals surface area contributed by atoms with Crippen LogP contribution in [0.4, 0.5) is 0 Å². The third kappa shape index (κ3) is 5.18. The molecule has 0 spiro atoms. The first kappa shape index (κ1) is 19.1. The summed E-state index contributed by atoms with van der Waals surface area (Å²) in [6.45, 7) is 3.37. The van der Waals surface area contributed by atoms with Crippen LogP contribution < -0.4 is 4.72 Å². The lowest BCUT2D eigenvalue weighted by Crippen LogP contribution is -2.38. The summed E-state index contributed by atoms with van der Waals surface area (Å²) in [5.74, 6) is 0.339. The first-order valence-electron chi connectivity index (χ1n) is 8.12. The number of nitrogens with one attached hydrogen (secondary N) is 1. The van der Waals surface area contributed by atoms with Gasteiger partial charge in [0.2, 0.25) is 10.0 Å². The number of likely N-dealkylation sites (tertiary alicyclic amines) is 1. The SMILES string of the molecule is O=S(=O)(NCC1CCN(Cc2ccsc2)CC1)c1cc(Cl)ccc1Cl. The van der Waals surface area contributed by atoms with E-state index < -0.39 is 10.0 Å². The minimum Gasteiger partial charge on any atom is -0.299 e. The number of sulfonamides is 1. The van der Waals surface area contributed by atoms with Gasteiger partial charge in [0.25, 0.3) is 0 Å². The van der Waals surface area contributed by atoms with E-state index >= 15 is 0 Å². The Bertz CT molecular complexity index is 802. The number of hydrogen-bond acceptors (Lipinski definition) is 4. The molecule has 0 saturated carbocycles. The summed E-state index contributed by atoms with van der Waals surface area (Å²) in [5.41, 5.74) is 1.35. The molecule has 0 atom stereocenters. The first-order valence-corrected chi connectivity index (χ1v) is 11.3. The maximum Gasteiger partial charge on any atom is 0.242 e. The Hall–Kier alpha value is -0.630. The van der Waals surface area contributed by atoms with E-state index in [1.54, 1.807) is 17.4 Å². The molecular weight excluding hydrogens is 399 g/mol. The topological polar surface area (TPSA) is 49.4 Å². The maximum atomic E-state index is 12.5. The van der Waals surface area contributed by atoms with Crippen LogP contribution in [-0.2, 0) is 16.6 Å². The van der Waals surface area contributed by atoms with Gasteiger partial charge in [0.05, 0.1) is 5.02 Å². The van der Waals surface area contributed by atoms with E-state index in [9.17, 15) is 8.42 Å². The number of nitrogens with zero attached hydrogens (tertiary/aromatic N) is 1. The molecule has 4 nitrogen and oxygen atoms in total. The van der Waals surface area contributed by atoms with Crippen LogP contribution in [0.1, 0.15) is 18.4 Å². The summed E-state index contributed by atoms with van der Waals surface area (Å²) in [6.07, 6.45) is 1.96. The van der Waals surface area contributed by atoms with Crippen molar-refractivity contribution in [2.75, 3.05) is 19.6 Å². The van der Waals surface area contributed by atoms with Gasteiger partial charge in [0.1, 0.15) is 4.90 Å². The average Bonchev–Trinajstić information content (AvgIpc) is 3.09. The first-order chi connectivity index (χ1) is 11.9. The molecule has 25 heavy (non-hydrogen) atoms. The molecule has 0 amide bonds. The van der Waals surface area contributed by atoms with Crippen LogP contribution in [0.25, 0.3) is 0 Å². The van der Waals surface area contributed by atoms with Gasteiger partial charge in [-0.3, -0.25) is 4.90 Å². The lowest BCUT2D eigenvalue weighted by atomic mass is 9.97. The van der Waals surface area contributed by atoms with E-state index in [1.807, 2.05) is 0 Å². The van der Waals surface area contributed by atoms with E-state index in [-0.39, 0.29) is 9.92 Å². The van der Waals surface area contributed by atoms with Gasteiger partial charge in [-0.1, -0.05) is 23.2 Å². The van der Waals surface area contributed by atoms with E-state index in [0.717, 1.165) is 32.5 Å². The molecule has 1 aliphatic heterocycles. The van der Waals surface area contributed by atoms with Gasteiger partial charge in [-0.2, -0.15) is 11.3 Å². The Morgan fingerprint density at radius 2 is 1.96 bits per heavy atom. The zero-order valence-electron chi connectivity index (χ0n) is 13.6. The minimum atomic E-state index is -3.65. The van der Waals surface area contributed by atoms with Crippen molar-refractivity contribution in [1.82, 2.24) is 9.62 Å². The van der Waals surface area contributed by atoms with Crippen molar-refractivity contribution in [1.29, 1.82) is 0 Å². The third-order valence-corrected chi connectivity index (χ3v) is 7.31. The van der Waals surface area contributed by atoms with Crippen molar-refractivity contribution in [3.8, 4) is 0 Å². The van der Waals surface area contributed by atoms with Crippen LogP contribution >= 0.6 is 34.5 Å². The second-order valence-electron chi connectivity index (χ2n) is 6.28. The Morgan fingerprint density at radius 3 is 2.64 bits per heavy atom. The van der Waals surface area contributed by atoms with Crippen molar-refractivity contribution >= 4 is 44.6 Å². The van der Waals surface area contributed by atoms with Gasteiger partial charge < -0.3 is 0 Å². The van der Waals surface area contributed by atoms with Crippen molar-refractivity contribution in [2.24, 2.45) is 5.92 Å². The number of halogens is 2. The van der Waals surface area contributed by atoms with Crippen LogP contribution in [0.5, 0.6) is 0 Å². The number of piperidine rings is 1. The smallest absolute Gasteiger partial charge is 0.242 e. The second kappa shape index (κ2) is 8.37. The Balaban J connectivity index is 1.51. The molecule has 1 aromatic heterocycles. The van der Waals surface area contributed by atoms with Crippen LogP contribution in [-0.4, -0.2) is 33.0 Å². The number of hydrogen-bond donors (Lipinski definition) is 1. The molecule has 1 N–H and O–H groups in total. The quantitative estimate of drug-likeness (QED) is 0.762. The predicted molar refractivity (Wildman–Crippen MR) is 104 cm³/mol. The van der Waals surface area contributed by atoms with E-state index in [1.165, 1.54) is 17.7 Å². The summed E-state index contributed by atoms with van der Waals surface area (Å²) >= 11 is 13.6. The Kier molecular flexibility index (Phi) is 6.41. The number of thiophene rings is 1. The molecule has 1 aliphatic rings. The van der Waals surface area contributed by atoms with Crippen LogP contribution in [0.2, 0.25) is 10.0 Å². The van der Waals surface area contributed by atoms with Gasteiger partial charge in [-0.25, -0.2) is 13.1 Å². The molecule has 1 saturated heterocycles. The maximum absolute atomic E-state index is 12.5. The van der Waals surface area contributed by atoms with Gasteiger partial charge in [-0.15, -0.1) is 0 Å². The highest BCUT2D eigenvalue weighted by molar-refractivity contribution is 7.89. The normalized spacial score (nSPS) is 17.0. The fourth-order valence-electron chi connectivity index (χ4n) is 2.98. The molecule has 8 heteroatoms. The molecule has 1 fully saturated rings. The highest BCUT2D eigenvalue weighted by atomic mass is 35.5. The molecule has 136 valence electrons. The fraction of sp³-hybridized carbons (Fsp3) is 0.412. The Labute approximate surface area is 162 Å². The minimum absolute atomic E-state index is 0.0385. The van der Waals surface area contributed by atoms with Gasteiger partial charge in [0.15, 0.2) is 0 Å². The second-order valence-corrected chi connectivity index (χ2v) is 9.64. The fourth-order valence-corrected chi connectivity index (χ4v) is 5.51. The van der Waals surface area contributed by atoms with E-state index in [0.29, 0.717) is 17.5 Å². The highest BCUT2D eigenvalue weighted by Crippen LogP contribution is 2.25. The monoisotopic (exact) mass is 418 g/mol.